The number of furan rings is 1. The Kier molecular flexibility index (Phi) is 8.58. The lowest BCUT2D eigenvalue weighted by atomic mass is 9.98. The zero-order chi connectivity index (χ0) is 16.8. The maximum atomic E-state index is 12.0. The largest absolute Gasteiger partial charge is 0.466 e. The maximum absolute atomic E-state index is 12.0. The predicted molar refractivity (Wildman–Crippen MR) is 105 cm³/mol. The molecular weight excluding hydrogens is 421 g/mol. The Bertz CT molecular complexity index is 571. The third-order valence-electron chi connectivity index (χ3n) is 4.13. The number of carbonyl (C=O) groups is 1. The Balaban J connectivity index is 0.00000288. The van der Waals surface area contributed by atoms with E-state index in [1.807, 2.05) is 26.8 Å². The van der Waals surface area contributed by atoms with E-state index >= 15 is 0 Å². The van der Waals surface area contributed by atoms with Crippen LogP contribution in [0.2, 0.25) is 0 Å². The molecule has 1 aromatic rings. The SMILES string of the molecule is CCOC(=O)C1CCCN(C(=NC)NCc2cc(C)oc2C)C1.I. The number of halogens is 1. The molecule has 2 rings (SSSR count). The Hall–Kier alpha value is -1.25. The zero-order valence-electron chi connectivity index (χ0n) is 14.9. The van der Waals surface area contributed by atoms with Crippen molar-refractivity contribution in [2.75, 3.05) is 26.7 Å². The predicted octanol–water partition coefficient (Wildman–Crippen LogP) is 2.86. The summed E-state index contributed by atoms with van der Waals surface area (Å²) in [5, 5.41) is 3.36. The molecule has 0 bridgehead atoms. The van der Waals surface area contributed by atoms with E-state index in [1.54, 1.807) is 7.05 Å². The van der Waals surface area contributed by atoms with Gasteiger partial charge in [-0.1, -0.05) is 0 Å². The van der Waals surface area contributed by atoms with Crippen molar-refractivity contribution >= 4 is 35.9 Å². The third kappa shape index (κ3) is 5.39. The fourth-order valence-corrected chi connectivity index (χ4v) is 2.99. The first-order chi connectivity index (χ1) is 11.0. The summed E-state index contributed by atoms with van der Waals surface area (Å²) in [4.78, 5) is 18.4. The molecule has 1 fully saturated rings. The van der Waals surface area contributed by atoms with Gasteiger partial charge in [-0.05, 0) is 39.7 Å². The fourth-order valence-electron chi connectivity index (χ4n) is 2.99. The molecule has 1 saturated heterocycles. The minimum Gasteiger partial charge on any atom is -0.466 e. The number of hydrogen-bond donors (Lipinski definition) is 1. The minimum absolute atomic E-state index is 0. The molecule has 1 atom stereocenters. The van der Waals surface area contributed by atoms with Gasteiger partial charge in [-0.15, -0.1) is 24.0 Å². The average Bonchev–Trinajstić information content (AvgIpc) is 2.86. The Morgan fingerprint density at radius 1 is 1.50 bits per heavy atom. The van der Waals surface area contributed by atoms with Crippen LogP contribution in [0, 0.1) is 19.8 Å². The molecule has 0 radical (unpaired) electrons. The van der Waals surface area contributed by atoms with Gasteiger partial charge in [0.2, 0.25) is 0 Å². The van der Waals surface area contributed by atoms with E-state index in [0.29, 0.717) is 19.7 Å². The van der Waals surface area contributed by atoms with Crippen molar-refractivity contribution < 1.29 is 13.9 Å². The molecule has 1 aromatic heterocycles. The monoisotopic (exact) mass is 449 g/mol. The van der Waals surface area contributed by atoms with Gasteiger partial charge in [-0.3, -0.25) is 9.79 Å². The molecule has 0 amide bonds. The summed E-state index contributed by atoms with van der Waals surface area (Å²) in [6, 6.07) is 2.03. The Morgan fingerprint density at radius 3 is 2.83 bits per heavy atom. The van der Waals surface area contributed by atoms with Crippen LogP contribution < -0.4 is 5.32 Å². The number of aliphatic imine (C=N–C) groups is 1. The van der Waals surface area contributed by atoms with Crippen LogP contribution >= 0.6 is 24.0 Å². The van der Waals surface area contributed by atoms with Gasteiger partial charge >= 0.3 is 5.97 Å². The van der Waals surface area contributed by atoms with E-state index in [9.17, 15) is 4.79 Å². The van der Waals surface area contributed by atoms with Crippen LogP contribution in [0.25, 0.3) is 0 Å². The Morgan fingerprint density at radius 2 is 2.25 bits per heavy atom. The first-order valence-corrected chi connectivity index (χ1v) is 8.23. The van der Waals surface area contributed by atoms with E-state index in [1.165, 1.54) is 0 Å². The number of guanidine groups is 1. The summed E-state index contributed by atoms with van der Waals surface area (Å²) in [6.45, 7) is 8.40. The molecular formula is C17H28IN3O3. The highest BCUT2D eigenvalue weighted by Gasteiger charge is 2.28. The summed E-state index contributed by atoms with van der Waals surface area (Å²) in [5.74, 6) is 2.48. The van der Waals surface area contributed by atoms with E-state index in [2.05, 4.69) is 15.2 Å². The average molecular weight is 449 g/mol. The van der Waals surface area contributed by atoms with Gasteiger partial charge in [0.05, 0.1) is 12.5 Å². The molecule has 24 heavy (non-hydrogen) atoms. The molecule has 1 N–H and O–H groups in total. The van der Waals surface area contributed by atoms with Crippen molar-refractivity contribution in [3.05, 3.63) is 23.2 Å². The number of hydrogen-bond acceptors (Lipinski definition) is 4. The first kappa shape index (κ1) is 20.8. The number of aryl methyl sites for hydroxylation is 2. The molecule has 2 heterocycles. The van der Waals surface area contributed by atoms with Gasteiger partial charge in [-0.2, -0.15) is 0 Å². The van der Waals surface area contributed by atoms with Gasteiger partial charge in [0.25, 0.3) is 0 Å². The van der Waals surface area contributed by atoms with Crippen LogP contribution in [0.3, 0.4) is 0 Å². The summed E-state index contributed by atoms with van der Waals surface area (Å²) in [7, 11) is 1.77. The van der Waals surface area contributed by atoms with Crippen LogP contribution in [0.4, 0.5) is 0 Å². The van der Waals surface area contributed by atoms with Crippen molar-refractivity contribution in [3.63, 3.8) is 0 Å². The van der Waals surface area contributed by atoms with Crippen molar-refractivity contribution in [1.29, 1.82) is 0 Å². The molecule has 0 spiro atoms. The van der Waals surface area contributed by atoms with Crippen LogP contribution in [0.15, 0.2) is 15.5 Å². The minimum atomic E-state index is -0.103. The number of rotatable bonds is 4. The van der Waals surface area contributed by atoms with Gasteiger partial charge in [0, 0.05) is 32.2 Å². The van der Waals surface area contributed by atoms with Crippen molar-refractivity contribution in [3.8, 4) is 0 Å². The van der Waals surface area contributed by atoms with Crippen LogP contribution in [-0.4, -0.2) is 43.6 Å². The van der Waals surface area contributed by atoms with E-state index in [4.69, 9.17) is 9.15 Å². The lowest BCUT2D eigenvalue weighted by Crippen LogP contribution is -2.48. The summed E-state index contributed by atoms with van der Waals surface area (Å²) in [6.07, 6.45) is 1.85. The first-order valence-electron chi connectivity index (χ1n) is 8.23. The lowest BCUT2D eigenvalue weighted by molar-refractivity contribution is -0.149. The zero-order valence-corrected chi connectivity index (χ0v) is 17.3. The number of nitrogens with zero attached hydrogens (tertiary/aromatic N) is 2. The van der Waals surface area contributed by atoms with E-state index in [0.717, 1.165) is 42.4 Å². The van der Waals surface area contributed by atoms with E-state index in [-0.39, 0.29) is 35.9 Å². The van der Waals surface area contributed by atoms with Gasteiger partial charge in [0.15, 0.2) is 5.96 Å². The highest BCUT2D eigenvalue weighted by atomic mass is 127. The Labute approximate surface area is 161 Å². The number of carbonyl (C=O) groups excluding carboxylic acids is 1. The van der Waals surface area contributed by atoms with Crippen LogP contribution in [-0.2, 0) is 16.1 Å². The standard InChI is InChI=1S/C17H27N3O3.HI/c1-5-22-16(21)14-7-6-8-20(11-14)17(18-4)19-10-15-9-12(2)23-13(15)3;/h9,14H,5-8,10-11H2,1-4H3,(H,18,19);1H. The van der Waals surface area contributed by atoms with Crippen molar-refractivity contribution in [2.24, 2.45) is 10.9 Å². The van der Waals surface area contributed by atoms with Gasteiger partial charge < -0.3 is 19.4 Å². The number of likely N-dealkylation sites (tertiary alicyclic amines) is 1. The highest BCUT2D eigenvalue weighted by molar-refractivity contribution is 14.0. The topological polar surface area (TPSA) is 67.1 Å². The second-order valence-corrected chi connectivity index (χ2v) is 5.88. The molecule has 1 aliphatic rings. The quantitative estimate of drug-likeness (QED) is 0.332. The summed E-state index contributed by atoms with van der Waals surface area (Å²) >= 11 is 0. The van der Waals surface area contributed by atoms with Crippen LogP contribution in [0.5, 0.6) is 0 Å². The second kappa shape index (κ2) is 9.90. The second-order valence-electron chi connectivity index (χ2n) is 5.88. The van der Waals surface area contributed by atoms with Crippen molar-refractivity contribution in [1.82, 2.24) is 10.2 Å². The highest BCUT2D eigenvalue weighted by Crippen LogP contribution is 2.18. The molecule has 7 heteroatoms. The maximum Gasteiger partial charge on any atom is 0.310 e. The number of piperidine rings is 1. The van der Waals surface area contributed by atoms with Gasteiger partial charge in [-0.25, -0.2) is 0 Å². The molecule has 0 aliphatic carbocycles. The summed E-state index contributed by atoms with van der Waals surface area (Å²) in [5.41, 5.74) is 1.13. The van der Waals surface area contributed by atoms with Gasteiger partial charge in [0.1, 0.15) is 11.5 Å². The lowest BCUT2D eigenvalue weighted by Gasteiger charge is -2.33. The molecule has 0 aromatic carbocycles. The van der Waals surface area contributed by atoms with Crippen molar-refractivity contribution in [2.45, 2.75) is 40.2 Å². The molecule has 136 valence electrons. The van der Waals surface area contributed by atoms with E-state index < -0.39 is 0 Å². The number of esters is 1. The molecule has 1 aliphatic heterocycles. The summed E-state index contributed by atoms with van der Waals surface area (Å²) < 4.78 is 10.7. The molecule has 6 nitrogen and oxygen atoms in total. The smallest absolute Gasteiger partial charge is 0.310 e. The molecule has 0 saturated carbocycles. The number of nitrogens with one attached hydrogen (secondary N) is 1. The molecule has 1 unspecified atom stereocenters. The fraction of sp³-hybridized carbons (Fsp3) is 0.647. The van der Waals surface area contributed by atoms with Crippen LogP contribution in [0.1, 0.15) is 36.8 Å². The number of ether oxygens (including phenoxy) is 1. The third-order valence-corrected chi connectivity index (χ3v) is 4.13. The normalized spacial score (nSPS) is 18.1.